The quantitative estimate of drug-likeness (QED) is 0.415. The number of aliphatic hydroxyl groups excluding tert-OH is 1. The minimum atomic E-state index is -1.24. The zero-order chi connectivity index (χ0) is 14.8. The lowest BCUT2D eigenvalue weighted by Crippen LogP contribution is -2.50. The van der Waals surface area contributed by atoms with Crippen LogP contribution in [0.5, 0.6) is 0 Å². The van der Waals surface area contributed by atoms with Crippen molar-refractivity contribution in [3.05, 3.63) is 36.0 Å². The predicted octanol–water partition coefficient (Wildman–Crippen LogP) is 2.04. The highest BCUT2D eigenvalue weighted by atomic mass is 16.4. The molecule has 2 atom stereocenters. The first-order valence-corrected chi connectivity index (χ1v) is 6.27. The lowest BCUT2D eigenvalue weighted by Gasteiger charge is -2.47. The van der Waals surface area contributed by atoms with E-state index in [0.717, 1.165) is 6.08 Å². The van der Waals surface area contributed by atoms with Gasteiger partial charge in [0.1, 0.15) is 5.60 Å². The van der Waals surface area contributed by atoms with Crippen LogP contribution in [0.15, 0.2) is 36.0 Å². The molecule has 0 saturated heterocycles. The highest BCUT2D eigenvalue weighted by molar-refractivity contribution is 5.81. The zero-order valence-corrected chi connectivity index (χ0v) is 11.7. The van der Waals surface area contributed by atoms with Crippen LogP contribution in [0, 0.1) is 5.41 Å². The van der Waals surface area contributed by atoms with Crippen LogP contribution in [-0.2, 0) is 4.79 Å². The Morgan fingerprint density at radius 1 is 1.47 bits per heavy atom. The van der Waals surface area contributed by atoms with Crippen molar-refractivity contribution >= 4 is 5.97 Å². The van der Waals surface area contributed by atoms with E-state index in [1.165, 1.54) is 0 Å². The molecule has 0 bridgehead atoms. The molecular formula is C15H22O4. The molecule has 106 valence electrons. The summed E-state index contributed by atoms with van der Waals surface area (Å²) in [5.74, 6) is -1.02. The monoisotopic (exact) mass is 266 g/mol. The summed E-state index contributed by atoms with van der Waals surface area (Å²) in [5.41, 5.74) is -0.701. The highest BCUT2D eigenvalue weighted by Crippen LogP contribution is 2.47. The molecule has 0 spiro atoms. The molecule has 0 heterocycles. The van der Waals surface area contributed by atoms with Gasteiger partial charge < -0.3 is 15.3 Å². The summed E-state index contributed by atoms with van der Waals surface area (Å²) in [6.45, 7) is 9.23. The van der Waals surface area contributed by atoms with E-state index in [2.05, 4.69) is 6.58 Å². The van der Waals surface area contributed by atoms with E-state index in [9.17, 15) is 15.0 Å². The molecule has 1 aliphatic rings. The Morgan fingerprint density at radius 3 is 2.53 bits per heavy atom. The van der Waals surface area contributed by atoms with Crippen LogP contribution in [0.3, 0.4) is 0 Å². The third-order valence-electron chi connectivity index (χ3n) is 3.74. The van der Waals surface area contributed by atoms with Crippen molar-refractivity contribution in [2.24, 2.45) is 5.41 Å². The smallest absolute Gasteiger partial charge is 0.328 e. The van der Waals surface area contributed by atoms with Crippen LogP contribution < -0.4 is 0 Å². The molecule has 4 nitrogen and oxygen atoms in total. The molecule has 0 radical (unpaired) electrons. The molecule has 1 rings (SSSR count). The van der Waals surface area contributed by atoms with Gasteiger partial charge in [0.05, 0.1) is 6.10 Å². The second-order valence-electron chi connectivity index (χ2n) is 5.88. The normalized spacial score (nSPS) is 31.7. The van der Waals surface area contributed by atoms with Gasteiger partial charge >= 0.3 is 5.97 Å². The first-order valence-electron chi connectivity index (χ1n) is 6.27. The van der Waals surface area contributed by atoms with E-state index in [4.69, 9.17) is 5.11 Å². The summed E-state index contributed by atoms with van der Waals surface area (Å²) in [5, 5.41) is 29.2. The summed E-state index contributed by atoms with van der Waals surface area (Å²) >= 11 is 0. The fourth-order valence-electron chi connectivity index (χ4n) is 2.57. The first-order chi connectivity index (χ1) is 8.58. The van der Waals surface area contributed by atoms with E-state index in [0.29, 0.717) is 24.0 Å². The molecule has 0 amide bonds. The van der Waals surface area contributed by atoms with Crippen LogP contribution in [0.25, 0.3) is 0 Å². The molecule has 0 aliphatic heterocycles. The average molecular weight is 266 g/mol. The molecule has 1 saturated carbocycles. The SMILES string of the molecule is C=C1C[C@H](O)CC(C)(C)[C@@]1(O)/C=C/C(C)=C\C(=O)O. The lowest BCUT2D eigenvalue weighted by atomic mass is 9.62. The van der Waals surface area contributed by atoms with Crippen LogP contribution in [0.4, 0.5) is 0 Å². The highest BCUT2D eigenvalue weighted by Gasteiger charge is 2.48. The van der Waals surface area contributed by atoms with Crippen molar-refractivity contribution in [1.29, 1.82) is 0 Å². The van der Waals surface area contributed by atoms with Crippen LogP contribution >= 0.6 is 0 Å². The third-order valence-corrected chi connectivity index (χ3v) is 3.74. The Kier molecular flexibility index (Phi) is 4.38. The molecule has 4 heteroatoms. The summed E-state index contributed by atoms with van der Waals surface area (Å²) in [7, 11) is 0. The van der Waals surface area contributed by atoms with Crippen molar-refractivity contribution in [1.82, 2.24) is 0 Å². The standard InChI is InChI=1S/C15H22O4/c1-10(7-13(17)18)5-6-15(19)11(2)8-12(16)9-14(15,3)4/h5-7,12,16,19H,2,8-9H2,1,3-4H3,(H,17,18)/b6-5+,10-7-/t12-,15+/m0/s1. The molecule has 0 aromatic rings. The van der Waals surface area contributed by atoms with E-state index >= 15 is 0 Å². The van der Waals surface area contributed by atoms with Gasteiger partial charge in [0.15, 0.2) is 0 Å². The van der Waals surface area contributed by atoms with Gasteiger partial charge in [0, 0.05) is 11.5 Å². The number of carbonyl (C=O) groups is 1. The third kappa shape index (κ3) is 3.33. The van der Waals surface area contributed by atoms with Crippen molar-refractivity contribution in [3.8, 4) is 0 Å². The molecule has 0 aromatic carbocycles. The van der Waals surface area contributed by atoms with Gasteiger partial charge in [0.25, 0.3) is 0 Å². The predicted molar refractivity (Wildman–Crippen MR) is 73.6 cm³/mol. The van der Waals surface area contributed by atoms with E-state index in [1.807, 2.05) is 13.8 Å². The number of aliphatic carboxylic acids is 1. The fraction of sp³-hybridized carbons (Fsp3) is 0.533. The number of hydrogen-bond donors (Lipinski definition) is 3. The number of hydrogen-bond acceptors (Lipinski definition) is 3. The Balaban J connectivity index is 3.05. The van der Waals surface area contributed by atoms with Gasteiger partial charge in [-0.1, -0.05) is 26.5 Å². The maximum atomic E-state index is 10.8. The Bertz CT molecular complexity index is 445. The summed E-state index contributed by atoms with van der Waals surface area (Å²) in [6, 6.07) is 0. The van der Waals surface area contributed by atoms with Crippen molar-refractivity contribution in [2.45, 2.75) is 45.3 Å². The summed E-state index contributed by atoms with van der Waals surface area (Å²) < 4.78 is 0. The number of rotatable bonds is 3. The number of carboxylic acids is 1. The first kappa shape index (κ1) is 15.7. The van der Waals surface area contributed by atoms with Crippen LogP contribution in [0.2, 0.25) is 0 Å². The van der Waals surface area contributed by atoms with Crippen LogP contribution in [-0.4, -0.2) is 33.0 Å². The molecule has 0 unspecified atom stereocenters. The fourth-order valence-corrected chi connectivity index (χ4v) is 2.57. The number of aliphatic hydroxyl groups is 2. The number of carboxylic acid groups (broad SMARTS) is 1. The van der Waals surface area contributed by atoms with Crippen molar-refractivity contribution in [3.63, 3.8) is 0 Å². The maximum absolute atomic E-state index is 10.8. The van der Waals surface area contributed by atoms with Gasteiger partial charge in [-0.2, -0.15) is 0 Å². The molecule has 1 fully saturated rings. The minimum Gasteiger partial charge on any atom is -0.478 e. The van der Waals surface area contributed by atoms with Gasteiger partial charge in [-0.25, -0.2) is 4.79 Å². The second-order valence-corrected chi connectivity index (χ2v) is 5.88. The van der Waals surface area contributed by atoms with Crippen LogP contribution in [0.1, 0.15) is 33.6 Å². The Labute approximate surface area is 113 Å². The largest absolute Gasteiger partial charge is 0.478 e. The Morgan fingerprint density at radius 2 is 2.05 bits per heavy atom. The number of allylic oxidation sites excluding steroid dienone is 2. The van der Waals surface area contributed by atoms with Crippen molar-refractivity contribution in [2.75, 3.05) is 0 Å². The van der Waals surface area contributed by atoms with Gasteiger partial charge in [-0.05, 0) is 37.0 Å². The van der Waals surface area contributed by atoms with Gasteiger partial charge in [-0.3, -0.25) is 0 Å². The molecular weight excluding hydrogens is 244 g/mol. The van der Waals surface area contributed by atoms with Gasteiger partial charge in [-0.15, -0.1) is 0 Å². The maximum Gasteiger partial charge on any atom is 0.328 e. The van der Waals surface area contributed by atoms with E-state index in [1.54, 1.807) is 19.1 Å². The molecule has 19 heavy (non-hydrogen) atoms. The zero-order valence-electron chi connectivity index (χ0n) is 11.7. The topological polar surface area (TPSA) is 77.8 Å². The average Bonchev–Trinajstić information content (AvgIpc) is 2.21. The Hall–Kier alpha value is -1.39. The second kappa shape index (κ2) is 5.31. The minimum absolute atomic E-state index is 0.353. The van der Waals surface area contributed by atoms with E-state index in [-0.39, 0.29) is 0 Å². The molecule has 3 N–H and O–H groups in total. The summed E-state index contributed by atoms with van der Waals surface area (Å²) in [6.07, 6.45) is 4.56. The molecule has 0 aromatic heterocycles. The lowest BCUT2D eigenvalue weighted by molar-refractivity contribution is -0.131. The van der Waals surface area contributed by atoms with Crippen molar-refractivity contribution < 1.29 is 20.1 Å². The van der Waals surface area contributed by atoms with E-state index < -0.39 is 23.1 Å². The summed E-state index contributed by atoms with van der Waals surface area (Å²) in [4.78, 5) is 10.6. The molecule has 1 aliphatic carbocycles. The van der Waals surface area contributed by atoms with Gasteiger partial charge in [0.2, 0.25) is 0 Å².